The van der Waals surface area contributed by atoms with Crippen molar-refractivity contribution in [2.24, 2.45) is 0 Å². The molecule has 0 N–H and O–H groups in total. The first-order chi connectivity index (χ1) is 9.13. The van der Waals surface area contributed by atoms with Gasteiger partial charge < -0.3 is 4.74 Å². The van der Waals surface area contributed by atoms with E-state index in [1.165, 1.54) is 13.4 Å². The summed E-state index contributed by atoms with van der Waals surface area (Å²) >= 11 is 1.57. The Morgan fingerprint density at radius 1 is 1.58 bits per heavy atom. The third kappa shape index (κ3) is 3.23. The van der Waals surface area contributed by atoms with Gasteiger partial charge in [-0.3, -0.25) is 4.79 Å². The van der Waals surface area contributed by atoms with Crippen molar-refractivity contribution in [3.8, 4) is 0 Å². The number of rotatable bonds is 5. The fourth-order valence-corrected chi connectivity index (χ4v) is 2.73. The van der Waals surface area contributed by atoms with Crippen LogP contribution in [-0.4, -0.2) is 37.9 Å². The number of methoxy groups -OCH3 is 1. The fourth-order valence-electron chi connectivity index (χ4n) is 1.66. The van der Waals surface area contributed by atoms with Crippen LogP contribution in [0.15, 0.2) is 17.4 Å². The summed E-state index contributed by atoms with van der Waals surface area (Å²) in [5.41, 5.74) is 0.966. The number of aryl methyl sites for hydroxylation is 1. The molecule has 1 unspecified atom stereocenters. The van der Waals surface area contributed by atoms with E-state index in [0.717, 1.165) is 17.1 Å². The predicted molar refractivity (Wildman–Crippen MR) is 72.1 cm³/mol. The summed E-state index contributed by atoms with van der Waals surface area (Å²) in [5, 5.41) is 5.20. The van der Waals surface area contributed by atoms with E-state index in [2.05, 4.69) is 19.8 Å². The maximum absolute atomic E-state index is 11.3. The van der Waals surface area contributed by atoms with Crippen LogP contribution in [0.25, 0.3) is 5.78 Å². The molecule has 6 nitrogen and oxygen atoms in total. The lowest BCUT2D eigenvalue weighted by Crippen LogP contribution is -2.10. The normalized spacial score (nSPS) is 12.6. The number of carbonyl (C=O) groups is 1. The van der Waals surface area contributed by atoms with Gasteiger partial charge in [-0.2, -0.15) is 14.6 Å². The SMILES string of the molecule is CCc1cc(SC(C)CC(=O)OC)n2ncnc2n1. The Labute approximate surface area is 115 Å². The summed E-state index contributed by atoms with van der Waals surface area (Å²) in [7, 11) is 1.40. The van der Waals surface area contributed by atoms with Gasteiger partial charge in [0.25, 0.3) is 5.78 Å². The number of esters is 1. The summed E-state index contributed by atoms with van der Waals surface area (Å²) in [5.74, 6) is 0.381. The van der Waals surface area contributed by atoms with Gasteiger partial charge in [0.15, 0.2) is 0 Å². The van der Waals surface area contributed by atoms with Gasteiger partial charge in [0.2, 0.25) is 0 Å². The lowest BCUT2D eigenvalue weighted by molar-refractivity contribution is -0.140. The van der Waals surface area contributed by atoms with Crippen molar-refractivity contribution in [2.45, 2.75) is 37.0 Å². The molecule has 0 aliphatic carbocycles. The third-order valence-electron chi connectivity index (χ3n) is 2.64. The molecule has 2 rings (SSSR count). The average Bonchev–Trinajstić information content (AvgIpc) is 2.86. The maximum atomic E-state index is 11.3. The Bertz CT molecular complexity index is 584. The Morgan fingerprint density at radius 2 is 2.37 bits per heavy atom. The van der Waals surface area contributed by atoms with Crippen LogP contribution >= 0.6 is 11.8 Å². The van der Waals surface area contributed by atoms with Crippen LogP contribution in [0.2, 0.25) is 0 Å². The van der Waals surface area contributed by atoms with Crippen molar-refractivity contribution in [1.82, 2.24) is 19.6 Å². The van der Waals surface area contributed by atoms with Crippen molar-refractivity contribution >= 4 is 23.5 Å². The molecule has 0 bridgehead atoms. The van der Waals surface area contributed by atoms with E-state index in [1.54, 1.807) is 16.3 Å². The van der Waals surface area contributed by atoms with Gasteiger partial charge in [-0.1, -0.05) is 13.8 Å². The zero-order chi connectivity index (χ0) is 13.8. The Balaban J connectivity index is 2.23. The molecule has 0 amide bonds. The summed E-state index contributed by atoms with van der Waals surface area (Å²) < 4.78 is 6.37. The molecule has 2 aromatic heterocycles. The van der Waals surface area contributed by atoms with Crippen LogP contribution in [0.4, 0.5) is 0 Å². The first-order valence-electron chi connectivity index (χ1n) is 6.07. The number of ether oxygens (including phenoxy) is 1. The second-order valence-electron chi connectivity index (χ2n) is 4.12. The van der Waals surface area contributed by atoms with Crippen LogP contribution in [0.5, 0.6) is 0 Å². The minimum atomic E-state index is -0.209. The van der Waals surface area contributed by atoms with Gasteiger partial charge >= 0.3 is 5.97 Å². The van der Waals surface area contributed by atoms with Gasteiger partial charge in [-0.15, -0.1) is 11.8 Å². The van der Waals surface area contributed by atoms with Crippen LogP contribution in [-0.2, 0) is 16.0 Å². The highest BCUT2D eigenvalue weighted by molar-refractivity contribution is 7.99. The quantitative estimate of drug-likeness (QED) is 0.472. The van der Waals surface area contributed by atoms with E-state index in [4.69, 9.17) is 0 Å². The largest absolute Gasteiger partial charge is 0.469 e. The van der Waals surface area contributed by atoms with Crippen molar-refractivity contribution in [1.29, 1.82) is 0 Å². The minimum absolute atomic E-state index is 0.104. The zero-order valence-corrected chi connectivity index (χ0v) is 12.0. The third-order valence-corrected chi connectivity index (χ3v) is 3.74. The van der Waals surface area contributed by atoms with E-state index in [9.17, 15) is 4.79 Å². The van der Waals surface area contributed by atoms with E-state index >= 15 is 0 Å². The summed E-state index contributed by atoms with van der Waals surface area (Å²) in [4.78, 5) is 19.8. The molecular weight excluding hydrogens is 264 g/mol. The highest BCUT2D eigenvalue weighted by Gasteiger charge is 2.14. The summed E-state index contributed by atoms with van der Waals surface area (Å²) in [6.07, 6.45) is 2.68. The highest BCUT2D eigenvalue weighted by Crippen LogP contribution is 2.26. The molecule has 7 heteroatoms. The van der Waals surface area contributed by atoms with Gasteiger partial charge in [-0.25, -0.2) is 4.98 Å². The number of aromatic nitrogens is 4. The maximum Gasteiger partial charge on any atom is 0.306 e. The average molecular weight is 280 g/mol. The van der Waals surface area contributed by atoms with Crippen molar-refractivity contribution in [3.63, 3.8) is 0 Å². The molecule has 102 valence electrons. The van der Waals surface area contributed by atoms with Gasteiger partial charge in [-0.05, 0) is 12.5 Å². The molecule has 2 heterocycles. The molecule has 0 saturated carbocycles. The van der Waals surface area contributed by atoms with Crippen molar-refractivity contribution < 1.29 is 9.53 Å². The van der Waals surface area contributed by atoms with Gasteiger partial charge in [0, 0.05) is 10.9 Å². The number of hydrogen-bond acceptors (Lipinski definition) is 6. The van der Waals surface area contributed by atoms with Gasteiger partial charge in [0.1, 0.15) is 11.4 Å². The molecule has 1 atom stereocenters. The number of hydrogen-bond donors (Lipinski definition) is 0. The number of fused-ring (bicyclic) bond motifs is 1. The van der Waals surface area contributed by atoms with E-state index in [-0.39, 0.29) is 11.2 Å². The van der Waals surface area contributed by atoms with E-state index in [1.807, 2.05) is 19.9 Å². The lowest BCUT2D eigenvalue weighted by Gasteiger charge is -2.11. The molecular formula is C12H16N4O2S. The Hall–Kier alpha value is -1.63. The fraction of sp³-hybridized carbons (Fsp3) is 0.500. The first kappa shape index (κ1) is 13.8. The Kier molecular flexibility index (Phi) is 4.36. The smallest absolute Gasteiger partial charge is 0.306 e. The number of carbonyl (C=O) groups excluding carboxylic acids is 1. The van der Waals surface area contributed by atoms with Crippen LogP contribution in [0.3, 0.4) is 0 Å². The molecule has 0 aromatic carbocycles. The molecule has 0 fully saturated rings. The molecule has 0 saturated heterocycles. The zero-order valence-electron chi connectivity index (χ0n) is 11.2. The highest BCUT2D eigenvalue weighted by atomic mass is 32.2. The molecule has 0 aliphatic rings. The molecule has 0 aliphatic heterocycles. The second kappa shape index (κ2) is 6.01. The standard InChI is InChI=1S/C12H16N4O2S/c1-4-9-6-10(16-12(15-9)13-7-14-16)19-8(2)5-11(17)18-3/h6-8H,4-5H2,1-3H3. The monoisotopic (exact) mass is 280 g/mol. The lowest BCUT2D eigenvalue weighted by atomic mass is 10.3. The molecule has 2 aromatic rings. The van der Waals surface area contributed by atoms with E-state index < -0.39 is 0 Å². The molecule has 19 heavy (non-hydrogen) atoms. The van der Waals surface area contributed by atoms with Gasteiger partial charge in [0.05, 0.1) is 13.5 Å². The van der Waals surface area contributed by atoms with Crippen LogP contribution in [0, 0.1) is 0 Å². The minimum Gasteiger partial charge on any atom is -0.469 e. The number of thioether (sulfide) groups is 1. The summed E-state index contributed by atoms with van der Waals surface area (Å²) in [6, 6.07) is 1.99. The Morgan fingerprint density at radius 3 is 3.05 bits per heavy atom. The second-order valence-corrected chi connectivity index (χ2v) is 5.58. The predicted octanol–water partition coefficient (Wildman–Crippen LogP) is 1.73. The van der Waals surface area contributed by atoms with Crippen molar-refractivity contribution in [2.75, 3.05) is 7.11 Å². The molecule has 0 spiro atoms. The summed E-state index contributed by atoms with van der Waals surface area (Å²) in [6.45, 7) is 4.03. The van der Waals surface area contributed by atoms with Crippen molar-refractivity contribution in [3.05, 3.63) is 18.1 Å². The topological polar surface area (TPSA) is 69.4 Å². The van der Waals surface area contributed by atoms with E-state index in [0.29, 0.717) is 12.2 Å². The van der Waals surface area contributed by atoms with Crippen LogP contribution in [0.1, 0.15) is 26.0 Å². The molecule has 0 radical (unpaired) electrons. The van der Waals surface area contributed by atoms with Crippen LogP contribution < -0.4 is 0 Å². The number of nitrogens with zero attached hydrogens (tertiary/aromatic N) is 4. The first-order valence-corrected chi connectivity index (χ1v) is 6.95.